The van der Waals surface area contributed by atoms with E-state index in [0.717, 1.165) is 29.1 Å². The number of fused-ring (bicyclic) bond motifs is 1. The Kier molecular flexibility index (Phi) is 5.65. The Hall–Kier alpha value is -3.81. The van der Waals surface area contributed by atoms with E-state index in [9.17, 15) is 0 Å². The van der Waals surface area contributed by atoms with Crippen molar-refractivity contribution in [2.75, 3.05) is 33.2 Å². The average Bonchev–Trinajstić information content (AvgIpc) is 3.28. The Morgan fingerprint density at radius 2 is 1.80 bits per heavy atom. The number of nitrogens with one attached hydrogen (secondary N) is 1. The van der Waals surface area contributed by atoms with E-state index in [1.807, 2.05) is 36.4 Å². The van der Waals surface area contributed by atoms with Crippen molar-refractivity contribution in [2.24, 2.45) is 0 Å². The van der Waals surface area contributed by atoms with Gasteiger partial charge in [0.15, 0.2) is 11.5 Å². The van der Waals surface area contributed by atoms with Crippen LogP contribution in [0.15, 0.2) is 55.0 Å². The standard InChI is InChI=1S/C22H23N5O3/c1-28-17-6-4-5-15(11-17)9-10-23-21-18(13-24-22-25-14-26-27(21)22)16-7-8-19(29-2)20(12-16)30-3/h4-8,11-14,23H,9-10H2,1-3H3. The number of hydrogen-bond donors (Lipinski definition) is 1. The second-order valence-electron chi connectivity index (χ2n) is 6.59. The highest BCUT2D eigenvalue weighted by Crippen LogP contribution is 2.35. The summed E-state index contributed by atoms with van der Waals surface area (Å²) < 4.78 is 17.8. The molecule has 0 aliphatic heterocycles. The first-order chi connectivity index (χ1) is 14.7. The molecule has 4 rings (SSSR count). The van der Waals surface area contributed by atoms with Gasteiger partial charge in [-0.1, -0.05) is 18.2 Å². The largest absolute Gasteiger partial charge is 0.497 e. The van der Waals surface area contributed by atoms with E-state index in [-0.39, 0.29) is 0 Å². The van der Waals surface area contributed by atoms with Gasteiger partial charge in [-0.15, -0.1) is 0 Å². The van der Waals surface area contributed by atoms with Crippen LogP contribution in [0.3, 0.4) is 0 Å². The Morgan fingerprint density at radius 3 is 2.60 bits per heavy atom. The van der Waals surface area contributed by atoms with Crippen molar-refractivity contribution >= 4 is 11.6 Å². The van der Waals surface area contributed by atoms with Crippen LogP contribution in [0, 0.1) is 0 Å². The molecule has 154 valence electrons. The van der Waals surface area contributed by atoms with Gasteiger partial charge in [-0.3, -0.25) is 0 Å². The summed E-state index contributed by atoms with van der Waals surface area (Å²) in [7, 11) is 4.91. The summed E-state index contributed by atoms with van der Waals surface area (Å²) in [5.74, 6) is 3.51. The minimum atomic E-state index is 0.531. The fraction of sp³-hybridized carbons (Fsp3) is 0.227. The van der Waals surface area contributed by atoms with Gasteiger partial charge in [0.2, 0.25) is 0 Å². The molecule has 0 fully saturated rings. The van der Waals surface area contributed by atoms with Crippen molar-refractivity contribution in [3.05, 3.63) is 60.6 Å². The highest BCUT2D eigenvalue weighted by molar-refractivity contribution is 5.77. The molecule has 2 aromatic carbocycles. The predicted octanol–water partition coefficient (Wildman–Crippen LogP) is 3.47. The summed E-state index contributed by atoms with van der Waals surface area (Å²) in [4.78, 5) is 8.63. The number of benzene rings is 2. The molecule has 4 aromatic rings. The molecule has 1 N–H and O–H groups in total. The molecule has 0 aliphatic rings. The van der Waals surface area contributed by atoms with E-state index in [2.05, 4.69) is 26.4 Å². The molecule has 0 saturated carbocycles. The van der Waals surface area contributed by atoms with E-state index < -0.39 is 0 Å². The van der Waals surface area contributed by atoms with Crippen LogP contribution in [-0.2, 0) is 6.42 Å². The molecular formula is C22H23N5O3. The maximum absolute atomic E-state index is 5.46. The Balaban J connectivity index is 1.65. The first-order valence-corrected chi connectivity index (χ1v) is 9.51. The third kappa shape index (κ3) is 3.84. The van der Waals surface area contributed by atoms with Gasteiger partial charge < -0.3 is 19.5 Å². The molecule has 0 spiro atoms. The van der Waals surface area contributed by atoms with E-state index in [1.165, 1.54) is 11.9 Å². The van der Waals surface area contributed by atoms with Gasteiger partial charge in [0, 0.05) is 18.3 Å². The fourth-order valence-electron chi connectivity index (χ4n) is 3.32. The molecule has 0 aliphatic carbocycles. The zero-order valence-electron chi connectivity index (χ0n) is 17.1. The third-order valence-electron chi connectivity index (χ3n) is 4.84. The maximum Gasteiger partial charge on any atom is 0.254 e. The van der Waals surface area contributed by atoms with Crippen LogP contribution >= 0.6 is 0 Å². The van der Waals surface area contributed by atoms with Crippen molar-refractivity contribution in [3.63, 3.8) is 0 Å². The first kappa shape index (κ1) is 19.5. The monoisotopic (exact) mass is 405 g/mol. The molecule has 0 radical (unpaired) electrons. The number of anilines is 1. The van der Waals surface area contributed by atoms with Crippen LogP contribution < -0.4 is 19.5 Å². The number of methoxy groups -OCH3 is 3. The van der Waals surface area contributed by atoms with Crippen molar-refractivity contribution in [1.29, 1.82) is 0 Å². The van der Waals surface area contributed by atoms with Crippen molar-refractivity contribution < 1.29 is 14.2 Å². The van der Waals surface area contributed by atoms with Crippen LogP contribution in [-0.4, -0.2) is 47.5 Å². The topological polar surface area (TPSA) is 82.8 Å². The average molecular weight is 405 g/mol. The second-order valence-corrected chi connectivity index (χ2v) is 6.59. The van der Waals surface area contributed by atoms with Gasteiger partial charge in [-0.2, -0.15) is 14.6 Å². The van der Waals surface area contributed by atoms with Gasteiger partial charge >= 0.3 is 0 Å². The van der Waals surface area contributed by atoms with E-state index in [4.69, 9.17) is 14.2 Å². The molecule has 2 aromatic heterocycles. The van der Waals surface area contributed by atoms with E-state index in [1.54, 1.807) is 32.0 Å². The molecule has 0 unspecified atom stereocenters. The molecule has 0 saturated heterocycles. The highest BCUT2D eigenvalue weighted by Gasteiger charge is 2.14. The Labute approximate surface area is 174 Å². The summed E-state index contributed by atoms with van der Waals surface area (Å²) in [6.07, 6.45) is 4.11. The fourth-order valence-corrected chi connectivity index (χ4v) is 3.32. The number of nitrogens with zero attached hydrogens (tertiary/aromatic N) is 4. The normalized spacial score (nSPS) is 10.8. The van der Waals surface area contributed by atoms with E-state index >= 15 is 0 Å². The van der Waals surface area contributed by atoms with Crippen LogP contribution in [0.1, 0.15) is 5.56 Å². The zero-order valence-corrected chi connectivity index (χ0v) is 17.1. The van der Waals surface area contributed by atoms with Gasteiger partial charge in [0.1, 0.15) is 17.9 Å². The first-order valence-electron chi connectivity index (χ1n) is 9.51. The predicted molar refractivity (Wildman–Crippen MR) is 115 cm³/mol. The quantitative estimate of drug-likeness (QED) is 0.481. The summed E-state index contributed by atoms with van der Waals surface area (Å²) in [6, 6.07) is 13.8. The summed E-state index contributed by atoms with van der Waals surface area (Å²) in [5.41, 5.74) is 3.00. The Bertz CT molecular complexity index is 1160. The SMILES string of the molecule is COc1cccc(CCNc2c(-c3ccc(OC)c(OC)c3)cnc3ncnn23)c1. The minimum absolute atomic E-state index is 0.531. The van der Waals surface area contributed by atoms with Crippen molar-refractivity contribution in [3.8, 4) is 28.4 Å². The van der Waals surface area contributed by atoms with Gasteiger partial charge in [0.05, 0.1) is 21.3 Å². The number of hydrogen-bond acceptors (Lipinski definition) is 7. The third-order valence-corrected chi connectivity index (χ3v) is 4.84. The lowest BCUT2D eigenvalue weighted by Gasteiger charge is -2.15. The lowest BCUT2D eigenvalue weighted by molar-refractivity contribution is 0.355. The smallest absolute Gasteiger partial charge is 0.254 e. The van der Waals surface area contributed by atoms with Crippen LogP contribution in [0.4, 0.5) is 5.82 Å². The highest BCUT2D eigenvalue weighted by atomic mass is 16.5. The Morgan fingerprint density at radius 1 is 0.933 bits per heavy atom. The van der Waals surface area contributed by atoms with Crippen molar-refractivity contribution in [1.82, 2.24) is 19.6 Å². The molecule has 8 heteroatoms. The number of rotatable bonds is 8. The number of ether oxygens (including phenoxy) is 3. The van der Waals surface area contributed by atoms with Crippen molar-refractivity contribution in [2.45, 2.75) is 6.42 Å². The van der Waals surface area contributed by atoms with Crippen LogP contribution in [0.5, 0.6) is 17.2 Å². The lowest BCUT2D eigenvalue weighted by Crippen LogP contribution is -2.11. The maximum atomic E-state index is 5.46. The molecular weight excluding hydrogens is 382 g/mol. The summed E-state index contributed by atoms with van der Waals surface area (Å²) in [6.45, 7) is 0.701. The molecule has 0 bridgehead atoms. The molecule has 30 heavy (non-hydrogen) atoms. The summed E-state index contributed by atoms with van der Waals surface area (Å²) >= 11 is 0. The molecule has 8 nitrogen and oxygen atoms in total. The molecule has 0 atom stereocenters. The van der Waals surface area contributed by atoms with Crippen LogP contribution in [0.25, 0.3) is 16.9 Å². The van der Waals surface area contributed by atoms with Gasteiger partial charge in [-0.25, -0.2) is 4.98 Å². The second kappa shape index (κ2) is 8.69. The zero-order chi connectivity index (χ0) is 20.9. The minimum Gasteiger partial charge on any atom is -0.497 e. The lowest BCUT2D eigenvalue weighted by atomic mass is 10.1. The number of aromatic nitrogens is 4. The molecule has 2 heterocycles. The molecule has 0 amide bonds. The van der Waals surface area contributed by atoms with Crippen LogP contribution in [0.2, 0.25) is 0 Å². The summed E-state index contributed by atoms with van der Waals surface area (Å²) in [5, 5.41) is 7.84. The van der Waals surface area contributed by atoms with E-state index in [0.29, 0.717) is 23.8 Å². The van der Waals surface area contributed by atoms with Gasteiger partial charge in [-0.05, 0) is 41.8 Å². The van der Waals surface area contributed by atoms with Gasteiger partial charge in [0.25, 0.3) is 5.78 Å².